The third-order valence-corrected chi connectivity index (χ3v) is 4.16. The Balaban J connectivity index is 1.70. The molecule has 29 heavy (non-hydrogen) atoms. The number of halogens is 4. The SMILES string of the molecule is Cn1ccnc1[C@H](NC(=O)COc1ccc(C(F)(F)F)cc1)c1cccc(F)c1. The van der Waals surface area contributed by atoms with Crippen molar-refractivity contribution in [2.75, 3.05) is 6.61 Å². The second-order valence-corrected chi connectivity index (χ2v) is 6.26. The highest BCUT2D eigenvalue weighted by molar-refractivity contribution is 5.78. The molecule has 0 spiro atoms. The monoisotopic (exact) mass is 407 g/mol. The number of alkyl halides is 3. The Morgan fingerprint density at radius 1 is 1.21 bits per heavy atom. The van der Waals surface area contributed by atoms with Crippen molar-refractivity contribution in [1.29, 1.82) is 0 Å². The van der Waals surface area contributed by atoms with E-state index in [0.717, 1.165) is 24.3 Å². The Morgan fingerprint density at radius 2 is 1.93 bits per heavy atom. The summed E-state index contributed by atoms with van der Waals surface area (Å²) < 4.78 is 58.4. The maximum absolute atomic E-state index is 13.6. The molecule has 9 heteroatoms. The van der Waals surface area contributed by atoms with Crippen molar-refractivity contribution in [3.63, 3.8) is 0 Å². The van der Waals surface area contributed by atoms with Crippen molar-refractivity contribution in [2.45, 2.75) is 12.2 Å². The van der Waals surface area contributed by atoms with Gasteiger partial charge in [-0.2, -0.15) is 13.2 Å². The number of hydrogen-bond donors (Lipinski definition) is 1. The van der Waals surface area contributed by atoms with Gasteiger partial charge in [-0.25, -0.2) is 9.37 Å². The summed E-state index contributed by atoms with van der Waals surface area (Å²) in [6.45, 7) is -0.429. The minimum atomic E-state index is -4.45. The van der Waals surface area contributed by atoms with Crippen LogP contribution < -0.4 is 10.1 Å². The van der Waals surface area contributed by atoms with Gasteiger partial charge in [-0.1, -0.05) is 12.1 Å². The van der Waals surface area contributed by atoms with E-state index in [4.69, 9.17) is 4.74 Å². The van der Waals surface area contributed by atoms with E-state index in [1.807, 2.05) is 0 Å². The molecule has 1 aromatic heterocycles. The van der Waals surface area contributed by atoms with Crippen molar-refractivity contribution < 1.29 is 27.1 Å². The summed E-state index contributed by atoms with van der Waals surface area (Å²) in [5, 5.41) is 2.72. The fraction of sp³-hybridized carbons (Fsp3) is 0.200. The highest BCUT2D eigenvalue weighted by Gasteiger charge is 2.30. The summed E-state index contributed by atoms with van der Waals surface area (Å²) in [7, 11) is 1.74. The van der Waals surface area contributed by atoms with Crippen LogP contribution in [0.2, 0.25) is 0 Å². The van der Waals surface area contributed by atoms with Crippen LogP contribution in [0.4, 0.5) is 17.6 Å². The molecule has 0 unspecified atom stereocenters. The summed E-state index contributed by atoms with van der Waals surface area (Å²) in [4.78, 5) is 16.6. The molecule has 0 fully saturated rings. The Kier molecular flexibility index (Phi) is 5.86. The molecule has 0 saturated heterocycles. The number of benzene rings is 2. The van der Waals surface area contributed by atoms with Crippen molar-refractivity contribution in [3.8, 4) is 5.75 Å². The summed E-state index contributed by atoms with van der Waals surface area (Å²) >= 11 is 0. The van der Waals surface area contributed by atoms with E-state index in [2.05, 4.69) is 10.3 Å². The van der Waals surface area contributed by atoms with Crippen LogP contribution in [0.1, 0.15) is 23.0 Å². The second-order valence-electron chi connectivity index (χ2n) is 6.26. The minimum Gasteiger partial charge on any atom is -0.484 e. The average Bonchev–Trinajstić information content (AvgIpc) is 3.09. The van der Waals surface area contributed by atoms with Gasteiger partial charge in [0.2, 0.25) is 0 Å². The molecule has 1 heterocycles. The standard InChI is InChI=1S/C20H17F4N3O2/c1-27-10-9-25-19(27)18(13-3-2-4-15(21)11-13)26-17(28)12-29-16-7-5-14(6-8-16)20(22,23)24/h2-11,18H,12H2,1H3,(H,26,28)/t18-/m1/s1. The first kappa shape index (κ1) is 20.4. The van der Waals surface area contributed by atoms with Crippen LogP contribution in [-0.2, 0) is 18.0 Å². The number of ether oxygens (including phenoxy) is 1. The summed E-state index contributed by atoms with van der Waals surface area (Å²) in [6.07, 6.45) is -1.21. The van der Waals surface area contributed by atoms with Crippen LogP contribution >= 0.6 is 0 Å². The van der Waals surface area contributed by atoms with Crippen molar-refractivity contribution in [1.82, 2.24) is 14.9 Å². The molecule has 1 amide bonds. The molecule has 5 nitrogen and oxygen atoms in total. The highest BCUT2D eigenvalue weighted by atomic mass is 19.4. The number of hydrogen-bond acceptors (Lipinski definition) is 3. The van der Waals surface area contributed by atoms with E-state index in [1.54, 1.807) is 30.1 Å². The number of nitrogens with one attached hydrogen (secondary N) is 1. The zero-order chi connectivity index (χ0) is 21.0. The van der Waals surface area contributed by atoms with Crippen molar-refractivity contribution >= 4 is 5.91 Å². The molecule has 1 N–H and O–H groups in total. The van der Waals surface area contributed by atoms with Gasteiger partial charge < -0.3 is 14.6 Å². The lowest BCUT2D eigenvalue weighted by Gasteiger charge is -2.19. The normalized spacial score (nSPS) is 12.4. The molecule has 2 aromatic carbocycles. The number of imidazole rings is 1. The van der Waals surface area contributed by atoms with Crippen LogP contribution in [-0.4, -0.2) is 22.1 Å². The van der Waals surface area contributed by atoms with Crippen LogP contribution in [0.15, 0.2) is 60.9 Å². The Bertz CT molecular complexity index is 984. The molecule has 0 aliphatic rings. The van der Waals surface area contributed by atoms with Crippen LogP contribution in [0.5, 0.6) is 5.75 Å². The predicted octanol–water partition coefficient (Wildman–Crippen LogP) is 3.86. The van der Waals surface area contributed by atoms with Crippen molar-refractivity contribution in [3.05, 3.63) is 83.7 Å². The van der Waals surface area contributed by atoms with Gasteiger partial charge >= 0.3 is 6.18 Å². The highest BCUT2D eigenvalue weighted by Crippen LogP contribution is 2.30. The fourth-order valence-corrected chi connectivity index (χ4v) is 2.73. The Morgan fingerprint density at radius 3 is 2.52 bits per heavy atom. The summed E-state index contributed by atoms with van der Waals surface area (Å²) in [6, 6.07) is 9.04. The summed E-state index contributed by atoms with van der Waals surface area (Å²) in [5.41, 5.74) is -0.322. The van der Waals surface area contributed by atoms with E-state index in [-0.39, 0.29) is 5.75 Å². The lowest BCUT2D eigenvalue weighted by molar-refractivity contribution is -0.137. The third kappa shape index (κ3) is 5.13. The van der Waals surface area contributed by atoms with Gasteiger partial charge in [-0.3, -0.25) is 4.79 Å². The van der Waals surface area contributed by atoms with Crippen molar-refractivity contribution in [2.24, 2.45) is 7.05 Å². The first-order valence-corrected chi connectivity index (χ1v) is 8.56. The molecular formula is C20H17F4N3O2. The van der Waals surface area contributed by atoms with E-state index < -0.39 is 36.1 Å². The van der Waals surface area contributed by atoms with E-state index in [9.17, 15) is 22.4 Å². The third-order valence-electron chi connectivity index (χ3n) is 4.16. The quantitative estimate of drug-likeness (QED) is 0.632. The zero-order valence-corrected chi connectivity index (χ0v) is 15.3. The van der Waals surface area contributed by atoms with Crippen LogP contribution in [0, 0.1) is 5.82 Å². The first-order valence-electron chi connectivity index (χ1n) is 8.56. The van der Waals surface area contributed by atoms with E-state index >= 15 is 0 Å². The molecule has 0 radical (unpaired) electrons. The van der Waals surface area contributed by atoms with Gasteiger partial charge in [0.1, 0.15) is 23.4 Å². The van der Waals surface area contributed by atoms with Gasteiger partial charge in [0.15, 0.2) is 6.61 Å². The molecule has 0 aliphatic heterocycles. The van der Waals surface area contributed by atoms with Crippen LogP contribution in [0.3, 0.4) is 0 Å². The van der Waals surface area contributed by atoms with Gasteiger partial charge in [0.05, 0.1) is 5.56 Å². The van der Waals surface area contributed by atoms with Gasteiger partial charge in [0, 0.05) is 19.4 Å². The first-order chi connectivity index (χ1) is 13.7. The minimum absolute atomic E-state index is 0.118. The van der Waals surface area contributed by atoms with Crippen LogP contribution in [0.25, 0.3) is 0 Å². The molecule has 0 bridgehead atoms. The molecular weight excluding hydrogens is 390 g/mol. The van der Waals surface area contributed by atoms with E-state index in [0.29, 0.717) is 11.4 Å². The second kappa shape index (κ2) is 8.34. The molecule has 3 aromatic rings. The molecule has 0 saturated carbocycles. The molecule has 152 valence electrons. The fourth-order valence-electron chi connectivity index (χ4n) is 2.73. The maximum Gasteiger partial charge on any atom is 0.416 e. The topological polar surface area (TPSA) is 56.2 Å². The Labute approximate surface area is 163 Å². The zero-order valence-electron chi connectivity index (χ0n) is 15.3. The molecule has 0 aliphatic carbocycles. The van der Waals surface area contributed by atoms with Gasteiger partial charge in [-0.15, -0.1) is 0 Å². The molecule has 1 atom stereocenters. The number of aryl methyl sites for hydroxylation is 1. The average molecular weight is 407 g/mol. The summed E-state index contributed by atoms with van der Waals surface area (Å²) in [5.74, 6) is -0.398. The maximum atomic E-state index is 13.6. The number of aromatic nitrogens is 2. The number of rotatable bonds is 6. The molecule has 3 rings (SSSR count). The predicted molar refractivity (Wildman–Crippen MR) is 96.5 cm³/mol. The lowest BCUT2D eigenvalue weighted by Crippen LogP contribution is -2.34. The lowest BCUT2D eigenvalue weighted by atomic mass is 10.1. The number of amides is 1. The van der Waals surface area contributed by atoms with Gasteiger partial charge in [-0.05, 0) is 42.0 Å². The Hall–Kier alpha value is -3.36. The van der Waals surface area contributed by atoms with E-state index in [1.165, 1.54) is 18.2 Å². The number of carbonyl (C=O) groups excluding carboxylic acids is 1. The van der Waals surface area contributed by atoms with Gasteiger partial charge in [0.25, 0.3) is 5.91 Å². The smallest absolute Gasteiger partial charge is 0.416 e. The number of carbonyl (C=O) groups is 1. The largest absolute Gasteiger partial charge is 0.484 e. The number of nitrogens with zero attached hydrogens (tertiary/aromatic N) is 2.